The Labute approximate surface area is 61.5 Å². The van der Waals surface area contributed by atoms with Crippen molar-refractivity contribution in [2.24, 2.45) is 0 Å². The lowest BCUT2D eigenvalue weighted by Gasteiger charge is -2.37. The summed E-state index contributed by atoms with van der Waals surface area (Å²) < 4.78 is 0. The van der Waals surface area contributed by atoms with Crippen molar-refractivity contribution in [3.05, 3.63) is 0 Å². The number of hydrogen-bond acceptors (Lipinski definition) is 3. The van der Waals surface area contributed by atoms with Gasteiger partial charge in [0.05, 0.1) is 6.67 Å². The maximum atomic E-state index is 3.45. The molecule has 0 bridgehead atoms. The Morgan fingerprint density at radius 1 is 1.00 bits per heavy atom. The molecule has 0 aromatic carbocycles. The van der Waals surface area contributed by atoms with Crippen LogP contribution in [0.3, 0.4) is 0 Å². The molecule has 3 heteroatoms. The summed E-state index contributed by atoms with van der Waals surface area (Å²) in [4.78, 5) is 0. The molecule has 10 heavy (non-hydrogen) atoms. The van der Waals surface area contributed by atoms with Crippen molar-refractivity contribution < 1.29 is 0 Å². The van der Waals surface area contributed by atoms with Gasteiger partial charge in [-0.25, -0.2) is 5.43 Å². The molecule has 1 saturated heterocycles. The molecule has 58 valence electrons. The summed E-state index contributed by atoms with van der Waals surface area (Å²) in [6.45, 7) is 0.918. The molecule has 2 fully saturated rings. The Morgan fingerprint density at radius 3 is 2.60 bits per heavy atom. The Morgan fingerprint density at radius 2 is 1.80 bits per heavy atom. The van der Waals surface area contributed by atoms with Crippen molar-refractivity contribution in [2.75, 3.05) is 6.67 Å². The molecule has 1 heterocycles. The van der Waals surface area contributed by atoms with Crippen LogP contribution in [0.2, 0.25) is 0 Å². The first-order valence-corrected chi connectivity index (χ1v) is 4.18. The van der Waals surface area contributed by atoms with Crippen molar-refractivity contribution in [1.29, 1.82) is 0 Å². The highest BCUT2D eigenvalue weighted by Crippen LogP contribution is 2.18. The van der Waals surface area contributed by atoms with Gasteiger partial charge >= 0.3 is 0 Å². The zero-order valence-electron chi connectivity index (χ0n) is 6.19. The van der Waals surface area contributed by atoms with Crippen LogP contribution in [0, 0.1) is 0 Å². The maximum Gasteiger partial charge on any atom is 0.0592 e. The highest BCUT2D eigenvalue weighted by atomic mass is 15.4. The van der Waals surface area contributed by atoms with Gasteiger partial charge in [0.15, 0.2) is 0 Å². The molecule has 0 radical (unpaired) electrons. The zero-order valence-corrected chi connectivity index (χ0v) is 6.19. The third kappa shape index (κ3) is 1.17. The van der Waals surface area contributed by atoms with Crippen molar-refractivity contribution in [3.63, 3.8) is 0 Å². The largest absolute Gasteiger partial charge is 0.299 e. The minimum Gasteiger partial charge on any atom is -0.299 e. The topological polar surface area (TPSA) is 36.1 Å². The molecule has 1 aliphatic carbocycles. The quantitative estimate of drug-likeness (QED) is 0.443. The van der Waals surface area contributed by atoms with Crippen LogP contribution in [-0.4, -0.2) is 18.8 Å². The van der Waals surface area contributed by atoms with Gasteiger partial charge in [-0.2, -0.15) is 0 Å². The van der Waals surface area contributed by atoms with Gasteiger partial charge in [-0.05, 0) is 12.8 Å². The van der Waals surface area contributed by atoms with Crippen LogP contribution in [0.4, 0.5) is 0 Å². The van der Waals surface area contributed by atoms with Gasteiger partial charge in [0.2, 0.25) is 0 Å². The van der Waals surface area contributed by atoms with Crippen LogP contribution >= 0.6 is 0 Å². The van der Waals surface area contributed by atoms with Crippen LogP contribution < -0.4 is 16.2 Å². The van der Waals surface area contributed by atoms with Crippen molar-refractivity contribution in [2.45, 2.75) is 37.8 Å². The average molecular weight is 141 g/mol. The fourth-order valence-corrected chi connectivity index (χ4v) is 1.91. The lowest BCUT2D eigenvalue weighted by atomic mass is 9.90. The molecule has 3 nitrogen and oxygen atoms in total. The first-order valence-electron chi connectivity index (χ1n) is 4.18. The second-order valence-electron chi connectivity index (χ2n) is 3.20. The lowest BCUT2D eigenvalue weighted by Crippen LogP contribution is -2.62. The van der Waals surface area contributed by atoms with Gasteiger partial charge in [-0.3, -0.25) is 10.7 Å². The minimum atomic E-state index is 0.683. The lowest BCUT2D eigenvalue weighted by molar-refractivity contribution is 0.208. The molecule has 1 saturated carbocycles. The molecule has 2 rings (SSSR count). The zero-order chi connectivity index (χ0) is 6.81. The van der Waals surface area contributed by atoms with Gasteiger partial charge in [0.1, 0.15) is 0 Å². The Balaban J connectivity index is 1.93. The van der Waals surface area contributed by atoms with E-state index in [4.69, 9.17) is 0 Å². The first kappa shape index (κ1) is 6.58. The van der Waals surface area contributed by atoms with Crippen LogP contribution in [0.25, 0.3) is 0 Å². The monoisotopic (exact) mass is 141 g/mol. The summed E-state index contributed by atoms with van der Waals surface area (Å²) in [5.41, 5.74) is 6.43. The SMILES string of the molecule is C1CCC2NNCNC2C1. The number of hydrogen-bond donors (Lipinski definition) is 3. The number of hydrazine groups is 1. The van der Waals surface area contributed by atoms with Crippen LogP contribution in [0.1, 0.15) is 25.7 Å². The highest BCUT2D eigenvalue weighted by molar-refractivity contribution is 4.87. The van der Waals surface area contributed by atoms with E-state index in [0.29, 0.717) is 6.04 Å². The van der Waals surface area contributed by atoms with E-state index in [1.165, 1.54) is 25.7 Å². The van der Waals surface area contributed by atoms with E-state index in [1.54, 1.807) is 0 Å². The van der Waals surface area contributed by atoms with Crippen molar-refractivity contribution in [1.82, 2.24) is 16.2 Å². The summed E-state index contributed by atoms with van der Waals surface area (Å²) in [5, 5.41) is 3.45. The Bertz CT molecular complexity index is 89.4. The molecule has 0 aromatic heterocycles. The van der Waals surface area contributed by atoms with Crippen LogP contribution in [-0.2, 0) is 0 Å². The summed E-state index contributed by atoms with van der Waals surface area (Å²) in [6.07, 6.45) is 5.46. The molecule has 2 unspecified atom stereocenters. The smallest absolute Gasteiger partial charge is 0.0592 e. The molecule has 1 aliphatic heterocycles. The molecule has 2 aliphatic rings. The second-order valence-corrected chi connectivity index (χ2v) is 3.20. The van der Waals surface area contributed by atoms with Crippen LogP contribution in [0.15, 0.2) is 0 Å². The summed E-state index contributed by atoms with van der Waals surface area (Å²) in [7, 11) is 0. The average Bonchev–Trinajstić information content (AvgIpc) is 2.05. The van der Waals surface area contributed by atoms with Crippen molar-refractivity contribution in [3.8, 4) is 0 Å². The Hall–Kier alpha value is -0.120. The van der Waals surface area contributed by atoms with E-state index in [1.807, 2.05) is 0 Å². The predicted molar refractivity (Wildman–Crippen MR) is 40.3 cm³/mol. The van der Waals surface area contributed by atoms with Gasteiger partial charge in [-0.15, -0.1) is 0 Å². The van der Waals surface area contributed by atoms with E-state index in [0.717, 1.165) is 12.7 Å². The standard InChI is InChI=1S/C7H15N3/c1-2-4-7-6(3-1)8-5-9-10-7/h6-10H,1-5H2. The second kappa shape index (κ2) is 2.86. The molecular formula is C7H15N3. The van der Waals surface area contributed by atoms with Gasteiger partial charge in [0.25, 0.3) is 0 Å². The van der Waals surface area contributed by atoms with Gasteiger partial charge in [0, 0.05) is 12.1 Å². The predicted octanol–water partition coefficient (Wildman–Crippen LogP) is -0.0475. The van der Waals surface area contributed by atoms with E-state index < -0.39 is 0 Å². The Kier molecular flexibility index (Phi) is 1.88. The summed E-state index contributed by atoms with van der Waals surface area (Å²) in [6, 6.07) is 1.41. The fourth-order valence-electron chi connectivity index (χ4n) is 1.91. The van der Waals surface area contributed by atoms with Gasteiger partial charge in [-0.1, -0.05) is 12.8 Å². The van der Waals surface area contributed by atoms with Gasteiger partial charge < -0.3 is 0 Å². The normalized spacial score (nSPS) is 40.8. The summed E-state index contributed by atoms with van der Waals surface area (Å²) in [5.74, 6) is 0. The number of rotatable bonds is 0. The van der Waals surface area contributed by atoms with E-state index >= 15 is 0 Å². The van der Waals surface area contributed by atoms with E-state index in [-0.39, 0.29) is 0 Å². The third-order valence-corrected chi connectivity index (χ3v) is 2.51. The fraction of sp³-hybridized carbons (Fsp3) is 1.00. The molecule has 0 amide bonds. The van der Waals surface area contributed by atoms with E-state index in [2.05, 4.69) is 16.2 Å². The molecule has 0 aromatic rings. The highest BCUT2D eigenvalue weighted by Gasteiger charge is 2.26. The third-order valence-electron chi connectivity index (χ3n) is 2.51. The van der Waals surface area contributed by atoms with Crippen LogP contribution in [0.5, 0.6) is 0 Å². The molecular weight excluding hydrogens is 126 g/mol. The number of nitrogens with one attached hydrogen (secondary N) is 3. The maximum absolute atomic E-state index is 3.45. The first-order chi connectivity index (χ1) is 4.97. The summed E-state index contributed by atoms with van der Waals surface area (Å²) >= 11 is 0. The molecule has 2 atom stereocenters. The minimum absolute atomic E-state index is 0.683. The number of fused-ring (bicyclic) bond motifs is 1. The molecule has 0 spiro atoms. The molecule has 3 N–H and O–H groups in total. The van der Waals surface area contributed by atoms with E-state index in [9.17, 15) is 0 Å². The van der Waals surface area contributed by atoms with Crippen molar-refractivity contribution >= 4 is 0 Å².